The number of hydrogen-bond donors (Lipinski definition) is 2. The quantitative estimate of drug-likeness (QED) is 0.865. The van der Waals surface area contributed by atoms with Crippen LogP contribution in [0.3, 0.4) is 0 Å². The van der Waals surface area contributed by atoms with Crippen molar-refractivity contribution < 1.29 is 9.18 Å². The summed E-state index contributed by atoms with van der Waals surface area (Å²) in [5, 5.41) is 0.362. The highest BCUT2D eigenvalue weighted by Gasteiger charge is 2.32. The van der Waals surface area contributed by atoms with Gasteiger partial charge < -0.3 is 11.5 Å². The Labute approximate surface area is 110 Å². The van der Waals surface area contributed by atoms with Gasteiger partial charge in [-0.15, -0.1) is 0 Å². The summed E-state index contributed by atoms with van der Waals surface area (Å²) in [5.74, 6) is -0.884. The van der Waals surface area contributed by atoms with E-state index < -0.39 is 0 Å². The lowest BCUT2D eigenvalue weighted by Crippen LogP contribution is -2.38. The Hall–Kier alpha value is -1.13. The van der Waals surface area contributed by atoms with Gasteiger partial charge in [0, 0.05) is 22.9 Å². The van der Waals surface area contributed by atoms with Gasteiger partial charge in [0.15, 0.2) is 0 Å². The van der Waals surface area contributed by atoms with E-state index in [0.717, 1.165) is 12.0 Å². The summed E-state index contributed by atoms with van der Waals surface area (Å²) in [7, 11) is 0. The first-order chi connectivity index (χ1) is 8.49. The molecule has 2 rings (SSSR count). The molecule has 4 N–H and O–H groups in total. The van der Waals surface area contributed by atoms with Crippen molar-refractivity contribution in [2.24, 2.45) is 17.4 Å². The minimum Gasteiger partial charge on any atom is -0.369 e. The molecule has 0 aliphatic heterocycles. The highest BCUT2D eigenvalue weighted by Crippen LogP contribution is 2.38. The van der Waals surface area contributed by atoms with E-state index in [4.69, 9.17) is 23.1 Å². The van der Waals surface area contributed by atoms with E-state index in [1.165, 1.54) is 12.1 Å². The number of benzene rings is 1. The van der Waals surface area contributed by atoms with Crippen molar-refractivity contribution >= 4 is 17.5 Å². The Bertz CT molecular complexity index is 466. The smallest absolute Gasteiger partial charge is 0.220 e. The van der Waals surface area contributed by atoms with E-state index in [1.54, 1.807) is 6.07 Å². The Morgan fingerprint density at radius 3 is 2.72 bits per heavy atom. The summed E-state index contributed by atoms with van der Waals surface area (Å²) in [5.41, 5.74) is 12.2. The Kier molecular flexibility index (Phi) is 3.88. The molecule has 3 unspecified atom stereocenters. The number of amides is 1. The molecule has 1 aromatic rings. The average Bonchev–Trinajstić information content (AvgIpc) is 2.30. The topological polar surface area (TPSA) is 69.1 Å². The highest BCUT2D eigenvalue weighted by atomic mass is 35.5. The first kappa shape index (κ1) is 13.3. The van der Waals surface area contributed by atoms with Crippen LogP contribution in [-0.2, 0) is 4.79 Å². The molecule has 98 valence electrons. The predicted molar refractivity (Wildman–Crippen MR) is 68.7 cm³/mol. The van der Waals surface area contributed by atoms with E-state index in [9.17, 15) is 9.18 Å². The molecule has 1 aromatic carbocycles. The van der Waals surface area contributed by atoms with Crippen molar-refractivity contribution in [3.8, 4) is 0 Å². The van der Waals surface area contributed by atoms with Crippen LogP contribution in [0.25, 0.3) is 0 Å². The SMILES string of the molecule is NC(=O)C1CCC(N)C(c2ccc(F)cc2Cl)C1. The maximum Gasteiger partial charge on any atom is 0.220 e. The molecule has 0 bridgehead atoms. The highest BCUT2D eigenvalue weighted by molar-refractivity contribution is 6.31. The molecule has 0 spiro atoms. The predicted octanol–water partition coefficient (Wildman–Crippen LogP) is 2.18. The second-order valence-corrected chi connectivity index (χ2v) is 5.26. The van der Waals surface area contributed by atoms with Crippen LogP contribution in [0.5, 0.6) is 0 Å². The van der Waals surface area contributed by atoms with Gasteiger partial charge in [-0.1, -0.05) is 17.7 Å². The number of rotatable bonds is 2. The molecule has 1 amide bonds. The molecule has 3 nitrogen and oxygen atoms in total. The lowest BCUT2D eigenvalue weighted by atomic mass is 9.75. The summed E-state index contributed by atoms with van der Waals surface area (Å²) in [4.78, 5) is 11.3. The van der Waals surface area contributed by atoms with Crippen molar-refractivity contribution in [2.45, 2.75) is 31.2 Å². The zero-order valence-corrected chi connectivity index (χ0v) is 10.7. The number of carbonyl (C=O) groups is 1. The Morgan fingerprint density at radius 1 is 1.39 bits per heavy atom. The molecule has 1 aliphatic rings. The lowest BCUT2D eigenvalue weighted by Gasteiger charge is -2.33. The fraction of sp³-hybridized carbons (Fsp3) is 0.462. The van der Waals surface area contributed by atoms with Crippen LogP contribution in [0.1, 0.15) is 30.7 Å². The van der Waals surface area contributed by atoms with Crippen molar-refractivity contribution in [1.29, 1.82) is 0 Å². The minimum absolute atomic E-state index is 0.0376. The molecular formula is C13H16ClFN2O. The molecule has 1 aliphatic carbocycles. The molecule has 1 fully saturated rings. The fourth-order valence-electron chi connectivity index (χ4n) is 2.61. The van der Waals surface area contributed by atoms with Gasteiger partial charge in [0.25, 0.3) is 0 Å². The standard InChI is InChI=1S/C13H16ClFN2O/c14-11-6-8(15)2-3-9(11)10-5-7(13(17)18)1-4-12(10)16/h2-3,6-7,10,12H,1,4-5,16H2,(H2,17,18). The number of hydrogen-bond acceptors (Lipinski definition) is 2. The van der Waals surface area contributed by atoms with Gasteiger partial charge in [0.2, 0.25) is 5.91 Å². The third-order valence-corrected chi connectivity index (χ3v) is 4.00. The van der Waals surface area contributed by atoms with Crippen LogP contribution in [0.15, 0.2) is 18.2 Å². The van der Waals surface area contributed by atoms with Crippen molar-refractivity contribution in [1.82, 2.24) is 0 Å². The second-order valence-electron chi connectivity index (χ2n) is 4.85. The molecule has 1 saturated carbocycles. The second kappa shape index (κ2) is 5.24. The molecule has 5 heteroatoms. The van der Waals surface area contributed by atoms with Gasteiger partial charge in [0.05, 0.1) is 0 Å². The van der Waals surface area contributed by atoms with Gasteiger partial charge in [0.1, 0.15) is 5.82 Å². The minimum atomic E-state index is -0.375. The Morgan fingerprint density at radius 2 is 2.11 bits per heavy atom. The molecular weight excluding hydrogens is 255 g/mol. The third-order valence-electron chi connectivity index (χ3n) is 3.67. The first-order valence-electron chi connectivity index (χ1n) is 5.99. The van der Waals surface area contributed by atoms with Crippen molar-refractivity contribution in [3.63, 3.8) is 0 Å². The van der Waals surface area contributed by atoms with E-state index in [1.807, 2.05) is 0 Å². The van der Waals surface area contributed by atoms with E-state index in [0.29, 0.717) is 17.9 Å². The van der Waals surface area contributed by atoms with Crippen LogP contribution in [0, 0.1) is 11.7 Å². The lowest BCUT2D eigenvalue weighted by molar-refractivity contribution is -0.122. The van der Waals surface area contributed by atoms with Gasteiger partial charge >= 0.3 is 0 Å². The average molecular weight is 271 g/mol. The van der Waals surface area contributed by atoms with Gasteiger partial charge in [-0.3, -0.25) is 4.79 Å². The number of nitrogens with two attached hydrogens (primary N) is 2. The summed E-state index contributed by atoms with van der Waals surface area (Å²) < 4.78 is 13.0. The van der Waals surface area contributed by atoms with Gasteiger partial charge in [-0.2, -0.15) is 0 Å². The molecule has 0 heterocycles. The van der Waals surface area contributed by atoms with Gasteiger partial charge in [-0.25, -0.2) is 4.39 Å². The maximum atomic E-state index is 13.0. The fourth-order valence-corrected chi connectivity index (χ4v) is 2.92. The maximum absolute atomic E-state index is 13.0. The monoisotopic (exact) mass is 270 g/mol. The van der Waals surface area contributed by atoms with E-state index in [2.05, 4.69) is 0 Å². The van der Waals surface area contributed by atoms with Crippen LogP contribution >= 0.6 is 11.6 Å². The Balaban J connectivity index is 2.26. The summed E-state index contributed by atoms with van der Waals surface area (Å²) in [6.45, 7) is 0. The molecule has 0 radical (unpaired) electrons. The molecule has 0 saturated heterocycles. The third kappa shape index (κ3) is 2.65. The summed E-state index contributed by atoms with van der Waals surface area (Å²) >= 11 is 6.04. The van der Waals surface area contributed by atoms with Crippen molar-refractivity contribution in [3.05, 3.63) is 34.6 Å². The van der Waals surface area contributed by atoms with E-state index >= 15 is 0 Å². The normalized spacial score (nSPS) is 28.1. The number of carbonyl (C=O) groups excluding carboxylic acids is 1. The van der Waals surface area contributed by atoms with Crippen LogP contribution < -0.4 is 11.5 Å². The summed E-state index contributed by atoms with van der Waals surface area (Å²) in [6, 6.07) is 4.22. The number of primary amides is 1. The number of halogens is 2. The molecule has 3 atom stereocenters. The zero-order chi connectivity index (χ0) is 13.3. The molecule has 18 heavy (non-hydrogen) atoms. The van der Waals surface area contributed by atoms with Crippen molar-refractivity contribution in [2.75, 3.05) is 0 Å². The zero-order valence-electron chi connectivity index (χ0n) is 9.90. The molecule has 0 aromatic heterocycles. The van der Waals surface area contributed by atoms with Crippen LogP contribution in [0.4, 0.5) is 4.39 Å². The largest absolute Gasteiger partial charge is 0.369 e. The summed E-state index contributed by atoms with van der Waals surface area (Å²) in [6.07, 6.45) is 2.03. The first-order valence-corrected chi connectivity index (χ1v) is 6.36. The van der Waals surface area contributed by atoms with Gasteiger partial charge in [-0.05, 0) is 37.0 Å². The van der Waals surface area contributed by atoms with Crippen LogP contribution in [-0.4, -0.2) is 11.9 Å². The van der Waals surface area contributed by atoms with E-state index in [-0.39, 0.29) is 29.6 Å². The van der Waals surface area contributed by atoms with Crippen LogP contribution in [0.2, 0.25) is 5.02 Å².